The van der Waals surface area contributed by atoms with Crippen molar-refractivity contribution in [2.24, 2.45) is 4.99 Å². The molecule has 0 saturated carbocycles. The van der Waals surface area contributed by atoms with Crippen LogP contribution in [-0.4, -0.2) is 30.9 Å². The molecule has 0 N–H and O–H groups in total. The molecule has 0 atom stereocenters. The zero-order valence-corrected chi connectivity index (χ0v) is 10.6. The summed E-state index contributed by atoms with van der Waals surface area (Å²) < 4.78 is 5.09. The Morgan fingerprint density at radius 1 is 1.22 bits per heavy atom. The van der Waals surface area contributed by atoms with Crippen molar-refractivity contribution >= 4 is 11.5 Å². The maximum Gasteiger partial charge on any atom is 0.209 e. The van der Waals surface area contributed by atoms with E-state index in [0.717, 1.165) is 37.4 Å². The van der Waals surface area contributed by atoms with E-state index >= 15 is 0 Å². The van der Waals surface area contributed by atoms with Gasteiger partial charge < -0.3 is 9.64 Å². The van der Waals surface area contributed by atoms with Crippen molar-refractivity contribution < 1.29 is 4.74 Å². The topological polar surface area (TPSA) is 48.6 Å². The van der Waals surface area contributed by atoms with Crippen molar-refractivity contribution in [2.45, 2.75) is 19.3 Å². The summed E-state index contributed by atoms with van der Waals surface area (Å²) in [7, 11) is 1.63. The third-order valence-electron chi connectivity index (χ3n) is 3.06. The molecule has 1 aliphatic rings. The van der Waals surface area contributed by atoms with Crippen molar-refractivity contribution in [2.75, 3.05) is 20.2 Å². The third-order valence-corrected chi connectivity index (χ3v) is 3.06. The van der Waals surface area contributed by atoms with E-state index in [4.69, 9.17) is 4.74 Å². The summed E-state index contributed by atoms with van der Waals surface area (Å²) in [5.74, 6) is 1.31. The minimum atomic E-state index is 0.514. The fraction of sp³-hybridized carbons (Fsp3) is 0.429. The fourth-order valence-electron chi connectivity index (χ4n) is 2.05. The number of hydrogen-bond donors (Lipinski definition) is 0. The van der Waals surface area contributed by atoms with Gasteiger partial charge in [0.25, 0.3) is 0 Å². The molecule has 1 aromatic carbocycles. The van der Waals surface area contributed by atoms with Gasteiger partial charge in [0.1, 0.15) is 11.8 Å². The highest BCUT2D eigenvalue weighted by Gasteiger charge is 2.14. The summed E-state index contributed by atoms with van der Waals surface area (Å²) in [6.45, 7) is 1.87. The number of ether oxygens (including phenoxy) is 1. The first-order chi connectivity index (χ1) is 8.83. The van der Waals surface area contributed by atoms with Gasteiger partial charge in [0.05, 0.1) is 12.8 Å². The van der Waals surface area contributed by atoms with Crippen molar-refractivity contribution in [3.8, 4) is 11.8 Å². The molecule has 1 saturated heterocycles. The average molecular weight is 243 g/mol. The molecular formula is C14H17N3O. The van der Waals surface area contributed by atoms with Gasteiger partial charge in [-0.1, -0.05) is 0 Å². The van der Waals surface area contributed by atoms with E-state index in [2.05, 4.69) is 16.0 Å². The lowest BCUT2D eigenvalue weighted by Gasteiger charge is -2.26. The molecule has 1 aliphatic heterocycles. The van der Waals surface area contributed by atoms with Crippen LogP contribution in [0.5, 0.6) is 5.75 Å². The molecule has 0 aliphatic carbocycles. The van der Waals surface area contributed by atoms with Gasteiger partial charge in [-0.05, 0) is 43.5 Å². The molecule has 0 aromatic heterocycles. The van der Waals surface area contributed by atoms with Gasteiger partial charge >= 0.3 is 0 Å². The average Bonchev–Trinajstić information content (AvgIpc) is 2.46. The number of amidine groups is 1. The Kier molecular flexibility index (Phi) is 4.19. The molecule has 1 heterocycles. The Hall–Kier alpha value is -2.02. The second kappa shape index (κ2) is 6.06. The lowest BCUT2D eigenvalue weighted by Crippen LogP contribution is -2.34. The Bertz CT molecular complexity index is 453. The van der Waals surface area contributed by atoms with Crippen molar-refractivity contribution in [3.05, 3.63) is 24.3 Å². The standard InChI is InChI=1S/C14H17N3O/c1-18-13-7-5-12(6-8-13)16-14(11-15)17-9-3-2-4-10-17/h5-8H,2-4,9-10H2,1H3. The van der Waals surface area contributed by atoms with E-state index in [1.807, 2.05) is 24.3 Å². The summed E-state index contributed by atoms with van der Waals surface area (Å²) in [6, 6.07) is 9.62. The van der Waals surface area contributed by atoms with E-state index in [-0.39, 0.29) is 0 Å². The van der Waals surface area contributed by atoms with Gasteiger partial charge in [-0.3, -0.25) is 0 Å². The van der Waals surface area contributed by atoms with Crippen LogP contribution in [0, 0.1) is 11.3 Å². The summed E-state index contributed by atoms with van der Waals surface area (Å²) in [6.07, 6.45) is 3.53. The van der Waals surface area contributed by atoms with Gasteiger partial charge in [-0.15, -0.1) is 0 Å². The van der Waals surface area contributed by atoms with E-state index < -0.39 is 0 Å². The summed E-state index contributed by atoms with van der Waals surface area (Å²) >= 11 is 0. The Labute approximate surface area is 108 Å². The summed E-state index contributed by atoms with van der Waals surface area (Å²) in [4.78, 5) is 6.47. The van der Waals surface area contributed by atoms with Gasteiger partial charge in [-0.2, -0.15) is 5.26 Å². The van der Waals surface area contributed by atoms with Crippen LogP contribution in [0.15, 0.2) is 29.3 Å². The lowest BCUT2D eigenvalue weighted by molar-refractivity contribution is 0.344. The minimum absolute atomic E-state index is 0.514. The molecule has 0 amide bonds. The van der Waals surface area contributed by atoms with Crippen LogP contribution >= 0.6 is 0 Å². The molecule has 1 fully saturated rings. The van der Waals surface area contributed by atoms with Crippen LogP contribution in [0.25, 0.3) is 0 Å². The van der Waals surface area contributed by atoms with Crippen LogP contribution in [0.2, 0.25) is 0 Å². The Balaban J connectivity index is 2.15. The molecule has 4 nitrogen and oxygen atoms in total. The van der Waals surface area contributed by atoms with Gasteiger partial charge in [0.2, 0.25) is 5.84 Å². The second-order valence-electron chi connectivity index (χ2n) is 4.29. The fourth-order valence-corrected chi connectivity index (χ4v) is 2.05. The number of hydrogen-bond acceptors (Lipinski definition) is 3. The molecule has 0 bridgehead atoms. The smallest absolute Gasteiger partial charge is 0.209 e. The van der Waals surface area contributed by atoms with E-state index in [9.17, 15) is 5.26 Å². The van der Waals surface area contributed by atoms with Crippen molar-refractivity contribution in [1.82, 2.24) is 4.90 Å². The molecule has 4 heteroatoms. The molecular weight excluding hydrogens is 226 g/mol. The summed E-state index contributed by atoms with van der Waals surface area (Å²) in [5, 5.41) is 9.19. The van der Waals surface area contributed by atoms with Crippen LogP contribution in [0.3, 0.4) is 0 Å². The first-order valence-corrected chi connectivity index (χ1v) is 6.21. The number of likely N-dealkylation sites (tertiary alicyclic amines) is 1. The van der Waals surface area contributed by atoms with Crippen molar-refractivity contribution in [1.29, 1.82) is 5.26 Å². The number of piperidine rings is 1. The number of nitriles is 1. The largest absolute Gasteiger partial charge is 0.497 e. The third kappa shape index (κ3) is 3.01. The van der Waals surface area contributed by atoms with Crippen LogP contribution in [0.1, 0.15) is 19.3 Å². The predicted octanol–water partition coefficient (Wildman–Crippen LogP) is 2.73. The van der Waals surface area contributed by atoms with Gasteiger partial charge in [0.15, 0.2) is 0 Å². The molecule has 18 heavy (non-hydrogen) atoms. The molecule has 0 spiro atoms. The molecule has 1 aromatic rings. The molecule has 2 rings (SSSR count). The number of benzene rings is 1. The number of rotatable bonds is 2. The molecule has 94 valence electrons. The van der Waals surface area contributed by atoms with Gasteiger partial charge in [0, 0.05) is 13.1 Å². The maximum atomic E-state index is 9.19. The number of nitrogens with zero attached hydrogens (tertiary/aromatic N) is 3. The second-order valence-corrected chi connectivity index (χ2v) is 4.29. The summed E-state index contributed by atoms with van der Waals surface area (Å²) in [5.41, 5.74) is 0.790. The zero-order chi connectivity index (χ0) is 12.8. The van der Waals surface area contributed by atoms with Crippen molar-refractivity contribution in [3.63, 3.8) is 0 Å². The predicted molar refractivity (Wildman–Crippen MR) is 71.1 cm³/mol. The minimum Gasteiger partial charge on any atom is -0.497 e. The lowest BCUT2D eigenvalue weighted by atomic mass is 10.1. The molecule has 0 radical (unpaired) electrons. The highest BCUT2D eigenvalue weighted by Crippen LogP contribution is 2.19. The van der Waals surface area contributed by atoms with E-state index in [0.29, 0.717) is 5.84 Å². The van der Waals surface area contributed by atoms with E-state index in [1.165, 1.54) is 6.42 Å². The van der Waals surface area contributed by atoms with Crippen LogP contribution in [-0.2, 0) is 0 Å². The first kappa shape index (κ1) is 12.4. The quantitative estimate of drug-likeness (QED) is 0.592. The number of aliphatic imine (C=N–C) groups is 1. The monoisotopic (exact) mass is 243 g/mol. The van der Waals surface area contributed by atoms with Crippen LogP contribution in [0.4, 0.5) is 5.69 Å². The molecule has 0 unspecified atom stereocenters. The van der Waals surface area contributed by atoms with Crippen LogP contribution < -0.4 is 4.74 Å². The Morgan fingerprint density at radius 3 is 2.44 bits per heavy atom. The SMILES string of the molecule is COc1ccc(N=C(C#N)N2CCCCC2)cc1. The normalized spacial score (nSPS) is 16.2. The maximum absolute atomic E-state index is 9.19. The van der Waals surface area contributed by atoms with E-state index in [1.54, 1.807) is 7.11 Å². The van der Waals surface area contributed by atoms with Gasteiger partial charge in [-0.25, -0.2) is 4.99 Å². The first-order valence-electron chi connectivity index (χ1n) is 6.21. The zero-order valence-electron chi connectivity index (χ0n) is 10.6. The Morgan fingerprint density at radius 2 is 1.89 bits per heavy atom. The number of methoxy groups -OCH3 is 1. The highest BCUT2D eigenvalue weighted by atomic mass is 16.5. The highest BCUT2D eigenvalue weighted by molar-refractivity contribution is 5.98.